The maximum atomic E-state index is 9.52. The fraction of sp³-hybridized carbons (Fsp3) is 0.667. The number of rotatable bonds is 3. The van der Waals surface area contributed by atoms with Gasteiger partial charge in [0.25, 0.3) is 0 Å². The lowest BCUT2D eigenvalue weighted by Gasteiger charge is -2.29. The van der Waals surface area contributed by atoms with E-state index in [1.54, 1.807) is 6.07 Å². The molecule has 0 bridgehead atoms. The number of nitrogen functional groups attached to an aromatic ring is 1. The Bertz CT molecular complexity index is 402. The standard InChI is InChI=1S/C12H20N4OS/c1-18-12-14-10(13)7-11(15-12)16-6-4-2-3-5-9(16)8-17/h7,9,17H,2-6,8H2,1H3,(H2,13,14,15). The SMILES string of the molecule is CSc1nc(N)cc(N2CCCCCC2CO)n1. The summed E-state index contributed by atoms with van der Waals surface area (Å²) in [6.07, 6.45) is 6.45. The lowest BCUT2D eigenvalue weighted by atomic mass is 10.1. The summed E-state index contributed by atoms with van der Waals surface area (Å²) in [5.74, 6) is 1.33. The molecular weight excluding hydrogens is 248 g/mol. The van der Waals surface area contributed by atoms with Crippen molar-refractivity contribution in [3.63, 3.8) is 0 Å². The summed E-state index contributed by atoms with van der Waals surface area (Å²) in [6.45, 7) is 1.09. The molecule has 6 heteroatoms. The van der Waals surface area contributed by atoms with E-state index in [4.69, 9.17) is 5.73 Å². The van der Waals surface area contributed by atoms with Crippen molar-refractivity contribution in [2.75, 3.05) is 30.0 Å². The topological polar surface area (TPSA) is 75.3 Å². The largest absolute Gasteiger partial charge is 0.394 e. The number of nitrogens with zero attached hydrogens (tertiary/aromatic N) is 3. The summed E-state index contributed by atoms with van der Waals surface area (Å²) in [5.41, 5.74) is 5.81. The van der Waals surface area contributed by atoms with Crippen LogP contribution < -0.4 is 10.6 Å². The van der Waals surface area contributed by atoms with Crippen molar-refractivity contribution in [1.29, 1.82) is 0 Å². The molecule has 0 saturated carbocycles. The first kappa shape index (κ1) is 13.4. The van der Waals surface area contributed by atoms with Gasteiger partial charge >= 0.3 is 0 Å². The van der Waals surface area contributed by atoms with E-state index in [1.807, 2.05) is 6.26 Å². The molecule has 0 spiro atoms. The summed E-state index contributed by atoms with van der Waals surface area (Å²) in [6, 6.07) is 1.95. The predicted molar refractivity (Wildman–Crippen MR) is 74.9 cm³/mol. The van der Waals surface area contributed by atoms with E-state index >= 15 is 0 Å². The van der Waals surface area contributed by atoms with Crippen LogP contribution in [0.3, 0.4) is 0 Å². The van der Waals surface area contributed by atoms with Crippen LogP contribution in [0.15, 0.2) is 11.2 Å². The van der Waals surface area contributed by atoms with E-state index in [-0.39, 0.29) is 12.6 Å². The van der Waals surface area contributed by atoms with Crippen molar-refractivity contribution < 1.29 is 5.11 Å². The molecule has 0 aromatic carbocycles. The molecule has 1 unspecified atom stereocenters. The highest BCUT2D eigenvalue weighted by atomic mass is 32.2. The lowest BCUT2D eigenvalue weighted by molar-refractivity contribution is 0.254. The minimum atomic E-state index is 0.150. The first-order valence-corrected chi connectivity index (χ1v) is 7.53. The van der Waals surface area contributed by atoms with Crippen LogP contribution in [0.4, 0.5) is 11.6 Å². The number of hydrogen-bond acceptors (Lipinski definition) is 6. The second-order valence-corrected chi connectivity index (χ2v) is 5.29. The third-order valence-corrected chi connectivity index (χ3v) is 3.82. The van der Waals surface area contributed by atoms with Crippen molar-refractivity contribution in [3.05, 3.63) is 6.07 Å². The maximum absolute atomic E-state index is 9.52. The minimum Gasteiger partial charge on any atom is -0.394 e. The van der Waals surface area contributed by atoms with Crippen LogP contribution in [0.5, 0.6) is 0 Å². The number of anilines is 2. The predicted octanol–water partition coefficient (Wildman–Crippen LogP) is 1.52. The first-order chi connectivity index (χ1) is 8.74. The fourth-order valence-corrected chi connectivity index (χ4v) is 2.72. The number of thioether (sulfide) groups is 1. The van der Waals surface area contributed by atoms with Crippen LogP contribution in [0, 0.1) is 0 Å². The van der Waals surface area contributed by atoms with Crippen LogP contribution in [-0.4, -0.2) is 40.5 Å². The number of hydrogen-bond donors (Lipinski definition) is 2. The smallest absolute Gasteiger partial charge is 0.191 e. The Labute approximate surface area is 112 Å². The molecular formula is C12H20N4OS. The Kier molecular flexibility index (Phi) is 4.66. The number of aliphatic hydroxyl groups is 1. The molecule has 1 aliphatic rings. The van der Waals surface area contributed by atoms with Crippen molar-refractivity contribution >= 4 is 23.4 Å². The number of aliphatic hydroxyl groups excluding tert-OH is 1. The van der Waals surface area contributed by atoms with Crippen molar-refractivity contribution in [2.45, 2.75) is 36.9 Å². The van der Waals surface area contributed by atoms with E-state index in [9.17, 15) is 5.11 Å². The van der Waals surface area contributed by atoms with Crippen LogP contribution in [0.25, 0.3) is 0 Å². The summed E-state index contributed by atoms with van der Waals surface area (Å²) >= 11 is 1.48. The van der Waals surface area contributed by atoms with Gasteiger partial charge in [-0.1, -0.05) is 24.6 Å². The van der Waals surface area contributed by atoms with Gasteiger partial charge in [0.1, 0.15) is 11.6 Å². The summed E-state index contributed by atoms with van der Waals surface area (Å²) < 4.78 is 0. The van der Waals surface area contributed by atoms with Gasteiger partial charge in [-0.05, 0) is 19.1 Å². The Morgan fingerprint density at radius 1 is 1.44 bits per heavy atom. The van der Waals surface area contributed by atoms with Gasteiger partial charge in [0.05, 0.1) is 12.6 Å². The molecule has 2 heterocycles. The Morgan fingerprint density at radius 2 is 2.28 bits per heavy atom. The van der Waals surface area contributed by atoms with Gasteiger partial charge in [0.15, 0.2) is 5.16 Å². The van der Waals surface area contributed by atoms with Gasteiger partial charge in [-0.2, -0.15) is 0 Å². The van der Waals surface area contributed by atoms with Crippen molar-refractivity contribution in [3.8, 4) is 0 Å². The molecule has 1 fully saturated rings. The molecule has 1 atom stereocenters. The van der Waals surface area contributed by atoms with E-state index in [1.165, 1.54) is 18.2 Å². The van der Waals surface area contributed by atoms with Crippen LogP contribution in [0.1, 0.15) is 25.7 Å². The minimum absolute atomic E-state index is 0.150. The molecule has 1 aromatic heterocycles. The first-order valence-electron chi connectivity index (χ1n) is 6.30. The molecule has 2 rings (SSSR count). The number of nitrogens with two attached hydrogens (primary N) is 1. The third-order valence-electron chi connectivity index (χ3n) is 3.28. The van der Waals surface area contributed by atoms with Crippen LogP contribution in [0.2, 0.25) is 0 Å². The van der Waals surface area contributed by atoms with Gasteiger partial charge in [0, 0.05) is 12.6 Å². The van der Waals surface area contributed by atoms with Gasteiger partial charge in [0.2, 0.25) is 0 Å². The molecule has 0 aliphatic carbocycles. The second kappa shape index (κ2) is 6.24. The molecule has 5 nitrogen and oxygen atoms in total. The fourth-order valence-electron chi connectivity index (χ4n) is 2.34. The van der Waals surface area contributed by atoms with Crippen LogP contribution >= 0.6 is 11.8 Å². The summed E-state index contributed by atoms with van der Waals surface area (Å²) in [7, 11) is 0. The average molecular weight is 268 g/mol. The molecule has 18 heavy (non-hydrogen) atoms. The quantitative estimate of drug-likeness (QED) is 0.639. The molecule has 100 valence electrons. The Hall–Kier alpha value is -1.01. The van der Waals surface area contributed by atoms with E-state index in [0.29, 0.717) is 11.0 Å². The van der Waals surface area contributed by atoms with Crippen LogP contribution in [-0.2, 0) is 0 Å². The second-order valence-electron chi connectivity index (χ2n) is 4.52. The summed E-state index contributed by atoms with van der Waals surface area (Å²) in [5, 5.41) is 10.2. The zero-order valence-corrected chi connectivity index (χ0v) is 11.5. The maximum Gasteiger partial charge on any atom is 0.191 e. The highest BCUT2D eigenvalue weighted by Gasteiger charge is 2.22. The molecule has 1 saturated heterocycles. The summed E-state index contributed by atoms with van der Waals surface area (Å²) in [4.78, 5) is 10.8. The van der Waals surface area contributed by atoms with Gasteiger partial charge in [-0.3, -0.25) is 0 Å². The van der Waals surface area contributed by atoms with Crippen molar-refractivity contribution in [2.24, 2.45) is 0 Å². The zero-order valence-electron chi connectivity index (χ0n) is 10.7. The average Bonchev–Trinajstić information content (AvgIpc) is 2.62. The molecule has 1 aromatic rings. The molecule has 1 aliphatic heterocycles. The van der Waals surface area contributed by atoms with E-state index in [2.05, 4.69) is 14.9 Å². The highest BCUT2D eigenvalue weighted by Crippen LogP contribution is 2.25. The van der Waals surface area contributed by atoms with Crippen molar-refractivity contribution in [1.82, 2.24) is 9.97 Å². The third kappa shape index (κ3) is 3.05. The van der Waals surface area contributed by atoms with E-state index in [0.717, 1.165) is 31.6 Å². The normalized spacial score (nSPS) is 20.8. The molecule has 3 N–H and O–H groups in total. The number of aromatic nitrogens is 2. The monoisotopic (exact) mass is 268 g/mol. The molecule has 0 radical (unpaired) electrons. The Morgan fingerprint density at radius 3 is 3.00 bits per heavy atom. The van der Waals surface area contributed by atoms with Gasteiger partial charge < -0.3 is 15.7 Å². The Balaban J connectivity index is 2.29. The lowest BCUT2D eigenvalue weighted by Crippen LogP contribution is -2.38. The molecule has 0 amide bonds. The zero-order chi connectivity index (χ0) is 13.0. The van der Waals surface area contributed by atoms with Gasteiger partial charge in [-0.15, -0.1) is 0 Å². The van der Waals surface area contributed by atoms with E-state index < -0.39 is 0 Å². The van der Waals surface area contributed by atoms with Gasteiger partial charge in [-0.25, -0.2) is 9.97 Å². The highest BCUT2D eigenvalue weighted by molar-refractivity contribution is 7.98.